The number of ether oxygens (including phenoxy) is 4. The molecule has 0 aliphatic carbocycles. The molecule has 1 heterocycles. The second-order valence-electron chi connectivity index (χ2n) is 14.1. The van der Waals surface area contributed by atoms with Crippen LogP contribution in [0.4, 0.5) is 0 Å². The van der Waals surface area contributed by atoms with Gasteiger partial charge in [-0.05, 0) is 83.5 Å². The number of hydrogen-bond donors (Lipinski definition) is 4. The van der Waals surface area contributed by atoms with E-state index >= 15 is 0 Å². The highest BCUT2D eigenvalue weighted by Crippen LogP contribution is 2.23. The number of carboxylic acid groups (broad SMARTS) is 1. The third-order valence-electron chi connectivity index (χ3n) is 8.84. The van der Waals surface area contributed by atoms with Gasteiger partial charge in [-0.25, -0.2) is 4.79 Å². The zero-order valence-electron chi connectivity index (χ0n) is 35.9. The summed E-state index contributed by atoms with van der Waals surface area (Å²) in [5, 5.41) is 39.8. The summed E-state index contributed by atoms with van der Waals surface area (Å²) in [6, 6.07) is 0. The van der Waals surface area contributed by atoms with Gasteiger partial charge in [-0.2, -0.15) is 0 Å². The molecule has 0 bridgehead atoms. The van der Waals surface area contributed by atoms with E-state index in [1.54, 1.807) is 6.08 Å². The van der Waals surface area contributed by atoms with Gasteiger partial charge in [-0.3, -0.25) is 9.59 Å². The molecule has 60 heavy (non-hydrogen) atoms. The summed E-state index contributed by atoms with van der Waals surface area (Å²) in [6.45, 7) is 3.44. The molecule has 334 valence electrons. The number of rotatable bonds is 33. The van der Waals surface area contributed by atoms with Gasteiger partial charge < -0.3 is 39.4 Å². The molecule has 6 atom stereocenters. The van der Waals surface area contributed by atoms with E-state index < -0.39 is 61.3 Å². The Morgan fingerprint density at radius 3 is 1.45 bits per heavy atom. The van der Waals surface area contributed by atoms with Gasteiger partial charge in [0.05, 0.1) is 13.0 Å². The second-order valence-corrected chi connectivity index (χ2v) is 14.1. The molecule has 11 heteroatoms. The maximum atomic E-state index is 12.7. The molecular weight excluding hydrogens is 765 g/mol. The number of aliphatic carboxylic acids is 1. The Morgan fingerprint density at radius 2 is 0.983 bits per heavy atom. The van der Waals surface area contributed by atoms with E-state index in [2.05, 4.69) is 111 Å². The summed E-state index contributed by atoms with van der Waals surface area (Å²) in [5.41, 5.74) is 0. The van der Waals surface area contributed by atoms with Gasteiger partial charge in [0.15, 0.2) is 18.5 Å². The molecule has 11 nitrogen and oxygen atoms in total. The summed E-state index contributed by atoms with van der Waals surface area (Å²) in [7, 11) is 0. The smallest absolute Gasteiger partial charge is 0.335 e. The van der Waals surface area contributed by atoms with Crippen LogP contribution >= 0.6 is 0 Å². The number of carboxylic acids is 1. The average Bonchev–Trinajstić information content (AvgIpc) is 3.23. The predicted molar refractivity (Wildman–Crippen MR) is 238 cm³/mol. The van der Waals surface area contributed by atoms with Crippen molar-refractivity contribution in [3.8, 4) is 0 Å². The van der Waals surface area contributed by atoms with Gasteiger partial charge in [-0.15, -0.1) is 0 Å². The number of carbonyl (C=O) groups excluding carboxylic acids is 2. The first-order valence-corrected chi connectivity index (χ1v) is 21.6. The van der Waals surface area contributed by atoms with Crippen LogP contribution in [0.3, 0.4) is 0 Å². The fourth-order valence-corrected chi connectivity index (χ4v) is 5.51. The molecule has 4 N–H and O–H groups in total. The lowest BCUT2D eigenvalue weighted by Gasteiger charge is -2.38. The fourth-order valence-electron chi connectivity index (χ4n) is 5.51. The summed E-state index contributed by atoms with van der Waals surface area (Å²) < 4.78 is 21.5. The van der Waals surface area contributed by atoms with Crippen LogP contribution in [-0.4, -0.2) is 88.4 Å². The van der Waals surface area contributed by atoms with E-state index in [-0.39, 0.29) is 19.4 Å². The lowest BCUT2D eigenvalue weighted by atomic mass is 9.99. The van der Waals surface area contributed by atoms with Crippen molar-refractivity contribution in [2.75, 3.05) is 13.2 Å². The first-order valence-electron chi connectivity index (χ1n) is 21.6. The maximum Gasteiger partial charge on any atom is 0.335 e. The molecule has 0 aromatic heterocycles. The van der Waals surface area contributed by atoms with Crippen LogP contribution in [-0.2, 0) is 33.3 Å². The molecule has 1 aliphatic rings. The van der Waals surface area contributed by atoms with Crippen molar-refractivity contribution < 1.29 is 53.8 Å². The zero-order chi connectivity index (χ0) is 43.9. The highest BCUT2D eigenvalue weighted by Gasteiger charge is 2.47. The van der Waals surface area contributed by atoms with Crippen molar-refractivity contribution in [1.29, 1.82) is 0 Å². The Balaban J connectivity index is 2.48. The van der Waals surface area contributed by atoms with E-state index in [1.165, 1.54) is 0 Å². The molecule has 0 saturated carbocycles. The molecule has 1 fully saturated rings. The number of aliphatic hydroxyl groups is 3. The minimum absolute atomic E-state index is 0.0651. The second kappa shape index (κ2) is 37.6. The molecule has 1 aliphatic heterocycles. The number of hydrogen-bond acceptors (Lipinski definition) is 10. The van der Waals surface area contributed by atoms with Crippen LogP contribution in [0, 0.1) is 0 Å². The maximum absolute atomic E-state index is 12.7. The normalized spacial score (nSPS) is 21.0. The van der Waals surface area contributed by atoms with Crippen LogP contribution in [0.1, 0.15) is 117 Å². The van der Waals surface area contributed by atoms with Crippen LogP contribution in [0.2, 0.25) is 0 Å². The molecule has 0 spiro atoms. The van der Waals surface area contributed by atoms with Gasteiger partial charge in [0, 0.05) is 6.42 Å². The summed E-state index contributed by atoms with van der Waals surface area (Å²) in [4.78, 5) is 36.7. The Labute approximate surface area is 358 Å². The lowest BCUT2D eigenvalue weighted by Crippen LogP contribution is -2.60. The minimum atomic E-state index is -1.89. The van der Waals surface area contributed by atoms with Crippen molar-refractivity contribution in [2.45, 2.75) is 153 Å². The molecular formula is C49H72O11. The van der Waals surface area contributed by atoms with Crippen molar-refractivity contribution in [1.82, 2.24) is 0 Å². The molecule has 1 rings (SSSR count). The predicted octanol–water partition coefficient (Wildman–Crippen LogP) is 9.19. The fraction of sp³-hybridized carbons (Fsp3) is 0.531. The first kappa shape index (κ1) is 53.6. The average molecular weight is 837 g/mol. The summed E-state index contributed by atoms with van der Waals surface area (Å²) in [5.74, 6) is -2.67. The summed E-state index contributed by atoms with van der Waals surface area (Å²) >= 11 is 0. The molecule has 0 amide bonds. The van der Waals surface area contributed by atoms with Crippen LogP contribution in [0.5, 0.6) is 0 Å². The Bertz CT molecular complexity index is 1450. The van der Waals surface area contributed by atoms with Crippen molar-refractivity contribution >= 4 is 17.9 Å². The van der Waals surface area contributed by atoms with E-state index in [0.717, 1.165) is 77.0 Å². The standard InChI is InChI=1S/C49H72O11/c1-3-5-7-9-11-13-15-17-19-20-21-22-24-25-27-29-31-33-35-37-42(50)57-39-41(40-58-49-46(54)44(52)45(53)47(60-49)48(55)56)59-43(51)38-36-34-32-30-28-26-23-18-16-14-12-10-8-6-4-2/h5-8,11-14,17-19,21-23,25,27-28,30,34,36,41,44-47,49,52-54H,3-4,9-10,15-16,20,24,26,29,31-33,35,37-40H2,1-2H3,(H,55,56)/b7-5-,8-6-,13-11-,14-12-,19-17-,22-21-,23-18-,27-25-,30-28-,36-34-. The van der Waals surface area contributed by atoms with E-state index in [1.807, 2.05) is 18.2 Å². The third-order valence-corrected chi connectivity index (χ3v) is 8.84. The van der Waals surface area contributed by atoms with Gasteiger partial charge in [0.25, 0.3) is 0 Å². The number of unbranched alkanes of at least 4 members (excludes halogenated alkanes) is 3. The summed E-state index contributed by atoms with van der Waals surface area (Å²) in [6.07, 6.45) is 44.2. The highest BCUT2D eigenvalue weighted by molar-refractivity contribution is 5.73. The minimum Gasteiger partial charge on any atom is -0.479 e. The molecule has 0 radical (unpaired) electrons. The van der Waals surface area contributed by atoms with E-state index in [4.69, 9.17) is 18.9 Å². The quantitative estimate of drug-likeness (QED) is 0.0283. The Hall–Kier alpha value is -4.39. The number of allylic oxidation sites excluding steroid dienone is 19. The number of aliphatic hydroxyl groups excluding tert-OH is 3. The lowest BCUT2D eigenvalue weighted by molar-refractivity contribution is -0.298. The van der Waals surface area contributed by atoms with E-state index in [9.17, 15) is 34.8 Å². The van der Waals surface area contributed by atoms with Gasteiger partial charge in [-0.1, -0.05) is 142 Å². The van der Waals surface area contributed by atoms with Crippen molar-refractivity contribution in [3.63, 3.8) is 0 Å². The largest absolute Gasteiger partial charge is 0.479 e. The van der Waals surface area contributed by atoms with Gasteiger partial charge in [0.2, 0.25) is 0 Å². The number of carbonyl (C=O) groups is 3. The number of esters is 2. The molecule has 0 aromatic carbocycles. The van der Waals surface area contributed by atoms with Gasteiger partial charge in [0.1, 0.15) is 24.9 Å². The van der Waals surface area contributed by atoms with Crippen molar-refractivity contribution in [3.05, 3.63) is 122 Å². The van der Waals surface area contributed by atoms with E-state index in [0.29, 0.717) is 12.8 Å². The van der Waals surface area contributed by atoms with Crippen LogP contribution in [0.25, 0.3) is 0 Å². The van der Waals surface area contributed by atoms with Crippen molar-refractivity contribution in [2.24, 2.45) is 0 Å². The molecule has 6 unspecified atom stereocenters. The Kier molecular flexibility index (Phi) is 33.6. The van der Waals surface area contributed by atoms with Crippen LogP contribution < -0.4 is 0 Å². The molecule has 0 aromatic rings. The van der Waals surface area contributed by atoms with Crippen LogP contribution in [0.15, 0.2) is 122 Å². The zero-order valence-corrected chi connectivity index (χ0v) is 35.9. The third kappa shape index (κ3) is 28.9. The van der Waals surface area contributed by atoms with Gasteiger partial charge >= 0.3 is 17.9 Å². The topological polar surface area (TPSA) is 169 Å². The Morgan fingerprint density at radius 1 is 0.533 bits per heavy atom. The monoisotopic (exact) mass is 837 g/mol. The molecule has 1 saturated heterocycles. The highest BCUT2D eigenvalue weighted by atomic mass is 16.7. The SMILES string of the molecule is CC/C=C\C/C=C\C/C=C\C/C=C\C/C=C\CCCCCC(=O)OCC(COC1OC(C(=O)O)C(O)C(O)C1O)OC(=O)C/C=C\C/C=C\C/C=C\C/C=C\C/C=C\CC. The first-order chi connectivity index (χ1) is 29.2.